The zero-order chi connectivity index (χ0) is 15.7. The molecule has 0 unspecified atom stereocenters. The van der Waals surface area contributed by atoms with E-state index in [9.17, 15) is 5.11 Å². The molecule has 1 heterocycles. The first-order valence-corrected chi connectivity index (χ1v) is 8.54. The first kappa shape index (κ1) is 15.4. The molecule has 0 aliphatic carbocycles. The third-order valence-corrected chi connectivity index (χ3v) is 4.58. The monoisotopic (exact) mass is 423 g/mol. The number of phenols is 1. The van der Waals surface area contributed by atoms with E-state index in [0.29, 0.717) is 11.0 Å². The Morgan fingerprint density at radius 2 is 2.00 bits per heavy atom. The van der Waals surface area contributed by atoms with Crippen LogP contribution >= 0.6 is 31.9 Å². The number of nitrogens with zero attached hydrogens (tertiary/aromatic N) is 2. The Morgan fingerprint density at radius 1 is 1.23 bits per heavy atom. The maximum Gasteiger partial charge on any atom is 0.204 e. The number of halogens is 2. The number of fused-ring (bicyclic) bond motifs is 1. The number of benzene rings is 2. The van der Waals surface area contributed by atoms with E-state index in [-0.39, 0.29) is 5.75 Å². The molecule has 4 nitrogen and oxygen atoms in total. The quantitative estimate of drug-likeness (QED) is 0.626. The van der Waals surface area contributed by atoms with Crippen molar-refractivity contribution in [2.45, 2.75) is 20.0 Å². The van der Waals surface area contributed by atoms with Crippen LogP contribution in [0.2, 0.25) is 0 Å². The molecule has 0 amide bonds. The van der Waals surface area contributed by atoms with E-state index in [0.717, 1.165) is 33.6 Å². The van der Waals surface area contributed by atoms with Crippen molar-refractivity contribution in [3.05, 3.63) is 50.9 Å². The Morgan fingerprint density at radius 3 is 2.77 bits per heavy atom. The van der Waals surface area contributed by atoms with Gasteiger partial charge in [-0.25, -0.2) is 4.98 Å². The fourth-order valence-electron chi connectivity index (χ4n) is 2.46. The van der Waals surface area contributed by atoms with Gasteiger partial charge >= 0.3 is 0 Å². The second kappa shape index (κ2) is 6.30. The number of rotatable bonds is 4. The number of para-hydroxylation sites is 2. The number of hydrogen-bond donors (Lipinski definition) is 2. The summed E-state index contributed by atoms with van der Waals surface area (Å²) < 4.78 is 3.71. The molecule has 2 aromatic carbocycles. The predicted molar refractivity (Wildman–Crippen MR) is 96.2 cm³/mol. The van der Waals surface area contributed by atoms with Gasteiger partial charge in [0, 0.05) is 23.1 Å². The van der Waals surface area contributed by atoms with Gasteiger partial charge in [0.05, 0.1) is 15.5 Å². The lowest BCUT2D eigenvalue weighted by atomic mass is 10.2. The maximum atomic E-state index is 10.1. The Balaban J connectivity index is 1.91. The predicted octanol–water partition coefficient (Wildman–Crippen LogP) is 4.90. The van der Waals surface area contributed by atoms with Crippen molar-refractivity contribution in [2.75, 3.05) is 5.32 Å². The summed E-state index contributed by atoms with van der Waals surface area (Å²) in [5.74, 6) is 1.05. The molecule has 0 aliphatic rings. The van der Waals surface area contributed by atoms with Gasteiger partial charge in [-0.1, -0.05) is 28.1 Å². The zero-order valence-electron chi connectivity index (χ0n) is 12.0. The Hall–Kier alpha value is -1.53. The highest BCUT2D eigenvalue weighted by atomic mass is 79.9. The highest BCUT2D eigenvalue weighted by molar-refractivity contribution is 9.11. The second-order valence-corrected chi connectivity index (χ2v) is 6.69. The Bertz CT molecular complexity index is 830. The third kappa shape index (κ3) is 2.85. The SMILES string of the molecule is CCn1c(NCc2cc(Br)cc(Br)c2O)nc2ccccc21. The maximum absolute atomic E-state index is 10.1. The van der Waals surface area contributed by atoms with Crippen LogP contribution in [0.15, 0.2) is 45.3 Å². The topological polar surface area (TPSA) is 50.1 Å². The van der Waals surface area contributed by atoms with Crippen LogP contribution in [0.5, 0.6) is 5.75 Å². The van der Waals surface area contributed by atoms with Crippen LogP contribution in [0.4, 0.5) is 5.95 Å². The summed E-state index contributed by atoms with van der Waals surface area (Å²) in [5, 5.41) is 13.4. The van der Waals surface area contributed by atoms with E-state index in [1.54, 1.807) is 0 Å². The van der Waals surface area contributed by atoms with Gasteiger partial charge < -0.3 is 15.0 Å². The van der Waals surface area contributed by atoms with Crippen molar-refractivity contribution >= 4 is 48.8 Å². The molecule has 0 fully saturated rings. The summed E-state index contributed by atoms with van der Waals surface area (Å²) in [6.45, 7) is 3.41. The summed E-state index contributed by atoms with van der Waals surface area (Å²) in [5.41, 5.74) is 2.87. The molecule has 1 aromatic heterocycles. The van der Waals surface area contributed by atoms with E-state index in [4.69, 9.17) is 0 Å². The molecule has 0 atom stereocenters. The molecule has 114 valence electrons. The molecule has 0 aliphatic heterocycles. The molecule has 0 spiro atoms. The minimum Gasteiger partial charge on any atom is -0.506 e. The van der Waals surface area contributed by atoms with Crippen LogP contribution < -0.4 is 5.32 Å². The van der Waals surface area contributed by atoms with Gasteiger partial charge in [-0.3, -0.25) is 0 Å². The molecule has 3 aromatic rings. The highest BCUT2D eigenvalue weighted by Gasteiger charge is 2.11. The number of aromatic hydroxyl groups is 1. The molecule has 0 saturated carbocycles. The van der Waals surface area contributed by atoms with Crippen LogP contribution in [0.25, 0.3) is 11.0 Å². The van der Waals surface area contributed by atoms with Crippen molar-refractivity contribution in [2.24, 2.45) is 0 Å². The molecular weight excluding hydrogens is 410 g/mol. The molecular formula is C16H15Br2N3O. The fraction of sp³-hybridized carbons (Fsp3) is 0.188. The van der Waals surface area contributed by atoms with Gasteiger partial charge in [0.15, 0.2) is 0 Å². The summed E-state index contributed by atoms with van der Waals surface area (Å²) in [7, 11) is 0. The van der Waals surface area contributed by atoms with E-state index in [1.807, 2.05) is 30.3 Å². The van der Waals surface area contributed by atoms with E-state index in [1.165, 1.54) is 0 Å². The van der Waals surface area contributed by atoms with Crippen LogP contribution in [0.3, 0.4) is 0 Å². The fourth-order valence-corrected chi connectivity index (χ4v) is 3.77. The molecule has 2 N–H and O–H groups in total. The molecule has 0 saturated heterocycles. The average molecular weight is 425 g/mol. The van der Waals surface area contributed by atoms with E-state index in [2.05, 4.69) is 59.7 Å². The van der Waals surface area contributed by atoms with Crippen molar-refractivity contribution in [1.82, 2.24) is 9.55 Å². The minimum atomic E-state index is 0.245. The van der Waals surface area contributed by atoms with Gasteiger partial charge in [0.1, 0.15) is 5.75 Å². The molecule has 6 heteroatoms. The van der Waals surface area contributed by atoms with Crippen molar-refractivity contribution < 1.29 is 5.11 Å². The minimum absolute atomic E-state index is 0.245. The van der Waals surface area contributed by atoms with E-state index >= 15 is 0 Å². The lowest BCUT2D eigenvalue weighted by Crippen LogP contribution is -2.07. The lowest BCUT2D eigenvalue weighted by molar-refractivity contribution is 0.465. The van der Waals surface area contributed by atoms with Gasteiger partial charge in [-0.15, -0.1) is 0 Å². The van der Waals surface area contributed by atoms with Crippen molar-refractivity contribution in [3.8, 4) is 5.75 Å². The van der Waals surface area contributed by atoms with Gasteiger partial charge in [-0.05, 0) is 47.1 Å². The lowest BCUT2D eigenvalue weighted by Gasteiger charge is -2.11. The first-order valence-electron chi connectivity index (χ1n) is 6.96. The number of nitrogens with one attached hydrogen (secondary N) is 1. The van der Waals surface area contributed by atoms with E-state index < -0.39 is 0 Å². The normalized spacial score (nSPS) is 11.0. The van der Waals surface area contributed by atoms with Gasteiger partial charge in [0.25, 0.3) is 0 Å². The molecule has 22 heavy (non-hydrogen) atoms. The molecule has 0 radical (unpaired) electrons. The smallest absolute Gasteiger partial charge is 0.204 e. The standard InChI is InChI=1S/C16H15Br2N3O/c1-2-21-14-6-4-3-5-13(14)20-16(21)19-9-10-7-11(17)8-12(18)15(10)22/h3-8,22H,2,9H2,1H3,(H,19,20). The summed E-state index contributed by atoms with van der Waals surface area (Å²) in [4.78, 5) is 4.62. The summed E-state index contributed by atoms with van der Waals surface area (Å²) in [6, 6.07) is 11.8. The number of aryl methyl sites for hydroxylation is 1. The number of imidazole rings is 1. The van der Waals surface area contributed by atoms with Crippen molar-refractivity contribution in [3.63, 3.8) is 0 Å². The second-order valence-electron chi connectivity index (χ2n) is 4.92. The largest absolute Gasteiger partial charge is 0.506 e. The third-order valence-electron chi connectivity index (χ3n) is 3.51. The molecule has 3 rings (SSSR count). The molecule has 0 bridgehead atoms. The zero-order valence-corrected chi connectivity index (χ0v) is 15.1. The Labute approximate surface area is 145 Å². The number of hydrogen-bond acceptors (Lipinski definition) is 3. The van der Waals surface area contributed by atoms with Crippen molar-refractivity contribution in [1.29, 1.82) is 0 Å². The van der Waals surface area contributed by atoms with Crippen LogP contribution in [0, 0.1) is 0 Å². The number of phenolic OH excluding ortho intramolecular Hbond substituents is 1. The van der Waals surface area contributed by atoms with Crippen LogP contribution in [-0.2, 0) is 13.1 Å². The van der Waals surface area contributed by atoms with Crippen LogP contribution in [0.1, 0.15) is 12.5 Å². The average Bonchev–Trinajstić information content (AvgIpc) is 2.86. The van der Waals surface area contributed by atoms with Crippen LogP contribution in [-0.4, -0.2) is 14.7 Å². The Kier molecular flexibility index (Phi) is 4.40. The first-order chi connectivity index (χ1) is 10.6. The highest BCUT2D eigenvalue weighted by Crippen LogP contribution is 2.32. The van der Waals surface area contributed by atoms with Gasteiger partial charge in [0.2, 0.25) is 5.95 Å². The van der Waals surface area contributed by atoms with Gasteiger partial charge in [-0.2, -0.15) is 0 Å². The number of aromatic nitrogens is 2. The summed E-state index contributed by atoms with van der Waals surface area (Å²) >= 11 is 6.79. The number of anilines is 1. The summed E-state index contributed by atoms with van der Waals surface area (Å²) in [6.07, 6.45) is 0.